The molecule has 3 N–H and O–H groups in total. The lowest BCUT2D eigenvalue weighted by Crippen LogP contribution is -2.37. The molecule has 5 heteroatoms. The summed E-state index contributed by atoms with van der Waals surface area (Å²) in [5.74, 6) is -0.403. The highest BCUT2D eigenvalue weighted by Crippen LogP contribution is 2.20. The van der Waals surface area contributed by atoms with Gasteiger partial charge < -0.3 is 11.1 Å². The van der Waals surface area contributed by atoms with Gasteiger partial charge in [0.1, 0.15) is 0 Å². The van der Waals surface area contributed by atoms with Crippen molar-refractivity contribution in [1.29, 1.82) is 0 Å². The lowest BCUT2D eigenvalue weighted by atomic mass is 10.0. The van der Waals surface area contributed by atoms with Crippen LogP contribution in [0.2, 0.25) is 0 Å². The molecule has 0 aliphatic heterocycles. The first-order valence-electron chi connectivity index (χ1n) is 6.08. The molecular weight excluding hydrogens is 264 g/mol. The van der Waals surface area contributed by atoms with Crippen molar-refractivity contribution in [2.75, 3.05) is 0 Å². The van der Waals surface area contributed by atoms with Crippen LogP contribution >= 0.6 is 23.6 Å². The lowest BCUT2D eigenvalue weighted by Gasteiger charge is -2.14. The predicted molar refractivity (Wildman–Crippen MR) is 80.8 cm³/mol. The number of amides is 1. The smallest absolute Gasteiger partial charge is 0.230 e. The Morgan fingerprint density at radius 3 is 2.67 bits per heavy atom. The molecule has 3 nitrogen and oxygen atoms in total. The summed E-state index contributed by atoms with van der Waals surface area (Å²) in [7, 11) is 0. The zero-order valence-electron chi connectivity index (χ0n) is 11.1. The van der Waals surface area contributed by atoms with Crippen molar-refractivity contribution in [3.05, 3.63) is 21.4 Å². The topological polar surface area (TPSA) is 55.1 Å². The Kier molecular flexibility index (Phi) is 5.75. The molecule has 0 fully saturated rings. The van der Waals surface area contributed by atoms with Crippen LogP contribution in [0.4, 0.5) is 0 Å². The molecule has 0 spiro atoms. The van der Waals surface area contributed by atoms with Crippen LogP contribution in [0.3, 0.4) is 0 Å². The summed E-state index contributed by atoms with van der Waals surface area (Å²) in [4.78, 5) is 14.7. The van der Waals surface area contributed by atoms with Gasteiger partial charge in [-0.05, 0) is 31.9 Å². The molecule has 0 aliphatic rings. The average molecular weight is 284 g/mol. The average Bonchev–Trinajstić information content (AvgIpc) is 2.62. The van der Waals surface area contributed by atoms with Gasteiger partial charge in [0.2, 0.25) is 5.91 Å². The van der Waals surface area contributed by atoms with E-state index in [4.69, 9.17) is 18.0 Å². The lowest BCUT2D eigenvalue weighted by molar-refractivity contribution is -0.123. The fraction of sp³-hybridized carbons (Fsp3) is 0.538. The summed E-state index contributed by atoms with van der Waals surface area (Å²) in [6, 6.07) is 2.11. The van der Waals surface area contributed by atoms with Gasteiger partial charge in [-0.1, -0.05) is 25.6 Å². The maximum atomic E-state index is 12.0. The molecule has 0 saturated heterocycles. The number of carbonyl (C=O) groups is 1. The first kappa shape index (κ1) is 15.1. The van der Waals surface area contributed by atoms with Gasteiger partial charge in [0.15, 0.2) is 0 Å². The molecule has 0 bridgehead atoms. The van der Waals surface area contributed by atoms with E-state index >= 15 is 0 Å². The van der Waals surface area contributed by atoms with Gasteiger partial charge in [0, 0.05) is 9.75 Å². The van der Waals surface area contributed by atoms with Crippen molar-refractivity contribution in [3.63, 3.8) is 0 Å². The van der Waals surface area contributed by atoms with Gasteiger partial charge in [0.05, 0.1) is 17.5 Å². The standard InChI is InChI=1S/C13H20N2OS2/c1-4-5-11(12(14)17)13(16)15-7-10-6-8(2)9(3)18-10/h6,11H,4-5,7H2,1-3H3,(H2,14,17)(H,15,16). The van der Waals surface area contributed by atoms with E-state index in [0.717, 1.165) is 11.3 Å². The maximum absolute atomic E-state index is 12.0. The van der Waals surface area contributed by atoms with Crippen LogP contribution in [0.1, 0.15) is 35.1 Å². The van der Waals surface area contributed by atoms with Gasteiger partial charge in [-0.25, -0.2) is 0 Å². The number of aryl methyl sites for hydroxylation is 2. The molecule has 18 heavy (non-hydrogen) atoms. The Labute approximate surface area is 118 Å². The van der Waals surface area contributed by atoms with E-state index in [-0.39, 0.29) is 16.8 Å². The second-order valence-electron chi connectivity index (χ2n) is 4.41. The van der Waals surface area contributed by atoms with Gasteiger partial charge in [0.25, 0.3) is 0 Å². The van der Waals surface area contributed by atoms with E-state index in [1.807, 2.05) is 6.92 Å². The first-order chi connectivity index (χ1) is 8.45. The van der Waals surface area contributed by atoms with Crippen LogP contribution in [0.25, 0.3) is 0 Å². The Bertz CT molecular complexity index is 421. The largest absolute Gasteiger partial charge is 0.393 e. The third-order valence-electron chi connectivity index (χ3n) is 2.89. The monoisotopic (exact) mass is 284 g/mol. The Morgan fingerprint density at radius 1 is 1.56 bits per heavy atom. The molecule has 0 aromatic carbocycles. The molecule has 1 amide bonds. The summed E-state index contributed by atoms with van der Waals surface area (Å²) in [5.41, 5.74) is 6.86. The zero-order chi connectivity index (χ0) is 13.7. The third-order valence-corrected chi connectivity index (χ3v) is 4.33. The highest BCUT2D eigenvalue weighted by atomic mass is 32.1. The Morgan fingerprint density at radius 2 is 2.22 bits per heavy atom. The van der Waals surface area contributed by atoms with E-state index in [1.54, 1.807) is 11.3 Å². The molecule has 0 aliphatic carbocycles. The molecule has 1 aromatic rings. The van der Waals surface area contributed by atoms with Crippen molar-refractivity contribution in [2.24, 2.45) is 11.7 Å². The molecule has 1 aromatic heterocycles. The maximum Gasteiger partial charge on any atom is 0.230 e. The fourth-order valence-electron chi connectivity index (χ4n) is 1.73. The van der Waals surface area contributed by atoms with Crippen LogP contribution in [0, 0.1) is 19.8 Å². The van der Waals surface area contributed by atoms with Gasteiger partial charge in [-0.2, -0.15) is 0 Å². The van der Waals surface area contributed by atoms with Gasteiger partial charge in [-0.15, -0.1) is 11.3 Å². The SMILES string of the molecule is CCCC(C(=O)NCc1cc(C)c(C)s1)C(N)=S. The number of nitrogens with two attached hydrogens (primary N) is 1. The summed E-state index contributed by atoms with van der Waals surface area (Å²) >= 11 is 6.65. The molecule has 0 radical (unpaired) electrons. The van der Waals surface area contributed by atoms with E-state index < -0.39 is 0 Å². The molecule has 0 saturated carbocycles. The third kappa shape index (κ3) is 4.07. The minimum atomic E-state index is -0.341. The van der Waals surface area contributed by atoms with Crippen molar-refractivity contribution in [2.45, 2.75) is 40.2 Å². The second kappa shape index (κ2) is 6.85. The Hall–Kier alpha value is -0.940. The summed E-state index contributed by atoms with van der Waals surface area (Å²) in [6.07, 6.45) is 1.61. The van der Waals surface area contributed by atoms with Crippen molar-refractivity contribution < 1.29 is 4.79 Å². The number of hydrogen-bond acceptors (Lipinski definition) is 3. The minimum absolute atomic E-state index is 0.0620. The predicted octanol–water partition coefficient (Wildman–Crippen LogP) is 2.68. The number of thiocarbonyl (C=S) groups is 1. The van der Waals surface area contributed by atoms with Crippen LogP contribution in [-0.4, -0.2) is 10.9 Å². The molecule has 1 rings (SSSR count). The van der Waals surface area contributed by atoms with Gasteiger partial charge in [-0.3, -0.25) is 4.79 Å². The molecule has 100 valence electrons. The first-order valence-corrected chi connectivity index (χ1v) is 7.31. The highest BCUT2D eigenvalue weighted by Gasteiger charge is 2.20. The molecule has 1 heterocycles. The van der Waals surface area contributed by atoms with Crippen molar-refractivity contribution in [1.82, 2.24) is 5.32 Å². The van der Waals surface area contributed by atoms with E-state index in [1.165, 1.54) is 10.4 Å². The van der Waals surface area contributed by atoms with E-state index in [2.05, 4.69) is 25.2 Å². The normalized spacial score (nSPS) is 12.2. The van der Waals surface area contributed by atoms with Crippen LogP contribution in [0.5, 0.6) is 0 Å². The summed E-state index contributed by atoms with van der Waals surface area (Å²) < 4.78 is 0. The molecular formula is C13H20N2OS2. The molecule has 1 unspecified atom stereocenters. The van der Waals surface area contributed by atoms with E-state index in [0.29, 0.717) is 13.0 Å². The van der Waals surface area contributed by atoms with Crippen LogP contribution < -0.4 is 11.1 Å². The molecule has 1 atom stereocenters. The van der Waals surface area contributed by atoms with Gasteiger partial charge >= 0.3 is 0 Å². The number of nitrogens with one attached hydrogen (secondary N) is 1. The van der Waals surface area contributed by atoms with Crippen molar-refractivity contribution in [3.8, 4) is 0 Å². The number of carbonyl (C=O) groups excluding carboxylic acids is 1. The zero-order valence-corrected chi connectivity index (χ0v) is 12.7. The van der Waals surface area contributed by atoms with Crippen molar-refractivity contribution >= 4 is 34.5 Å². The quantitative estimate of drug-likeness (QED) is 0.790. The fourth-order valence-corrected chi connectivity index (χ4v) is 2.94. The Balaban J connectivity index is 2.56. The number of rotatable bonds is 6. The summed E-state index contributed by atoms with van der Waals surface area (Å²) in [6.45, 7) is 6.73. The summed E-state index contributed by atoms with van der Waals surface area (Å²) in [5, 5.41) is 2.91. The van der Waals surface area contributed by atoms with Crippen LogP contribution in [0.15, 0.2) is 6.07 Å². The van der Waals surface area contributed by atoms with Crippen LogP contribution in [-0.2, 0) is 11.3 Å². The highest BCUT2D eigenvalue weighted by molar-refractivity contribution is 7.80. The number of thiophene rings is 1. The second-order valence-corrected chi connectivity index (χ2v) is 6.23. The minimum Gasteiger partial charge on any atom is -0.393 e. The van der Waals surface area contributed by atoms with E-state index in [9.17, 15) is 4.79 Å². The number of hydrogen-bond donors (Lipinski definition) is 2.